The van der Waals surface area contributed by atoms with E-state index in [0.29, 0.717) is 6.54 Å². The number of nitrogens with one attached hydrogen (secondary N) is 1. The van der Waals surface area contributed by atoms with Crippen LogP contribution in [0.1, 0.15) is 32.4 Å². The Kier molecular flexibility index (Phi) is 7.75. The lowest BCUT2D eigenvalue weighted by atomic mass is 10.2. The summed E-state index contributed by atoms with van der Waals surface area (Å²) in [6.45, 7) is 14.7. The third-order valence-electron chi connectivity index (χ3n) is 5.67. The Morgan fingerprint density at radius 1 is 1.21 bits per heavy atom. The molecule has 2 aliphatic rings. The summed E-state index contributed by atoms with van der Waals surface area (Å²) in [6.07, 6.45) is 4.80. The average Bonchev–Trinajstić information content (AvgIpc) is 3.43. The van der Waals surface area contributed by atoms with Gasteiger partial charge in [0.1, 0.15) is 5.76 Å². The van der Waals surface area contributed by atoms with Gasteiger partial charge in [-0.15, -0.1) is 0 Å². The Morgan fingerprint density at radius 2 is 1.93 bits per heavy atom. The number of hydrogen-bond donors (Lipinski definition) is 1. The van der Waals surface area contributed by atoms with E-state index in [1.165, 1.54) is 0 Å². The molecule has 7 heteroatoms. The number of piperazine rings is 1. The van der Waals surface area contributed by atoms with E-state index in [4.69, 9.17) is 9.41 Å². The van der Waals surface area contributed by atoms with E-state index < -0.39 is 0 Å². The molecule has 0 spiro atoms. The molecule has 1 atom stereocenters. The standard InChI is InChI=1S/C22H35N5O2/c1-18(2)17-24-22(23-9-8-20-7-6-16-29-20)27-14-12-25(13-15-27)19(3)21(28)26-10-4-5-11-26/h6-7,16,19H,1,4-5,8-15,17H2,2-3H3,(H,23,24). The van der Waals surface area contributed by atoms with E-state index >= 15 is 0 Å². The van der Waals surface area contributed by atoms with Crippen LogP contribution < -0.4 is 5.32 Å². The second-order valence-corrected chi connectivity index (χ2v) is 8.08. The largest absolute Gasteiger partial charge is 0.469 e. The van der Waals surface area contributed by atoms with Gasteiger partial charge >= 0.3 is 0 Å². The summed E-state index contributed by atoms with van der Waals surface area (Å²) in [7, 11) is 0. The monoisotopic (exact) mass is 401 g/mol. The number of furan rings is 1. The fourth-order valence-electron chi connectivity index (χ4n) is 3.91. The van der Waals surface area contributed by atoms with E-state index in [9.17, 15) is 4.79 Å². The van der Waals surface area contributed by atoms with Crippen LogP contribution in [0.3, 0.4) is 0 Å². The molecular formula is C22H35N5O2. The summed E-state index contributed by atoms with van der Waals surface area (Å²) in [5, 5.41) is 3.48. The fraction of sp³-hybridized carbons (Fsp3) is 0.636. The second kappa shape index (κ2) is 10.5. The molecule has 1 aromatic rings. The van der Waals surface area contributed by atoms with Crippen molar-refractivity contribution < 1.29 is 9.21 Å². The highest BCUT2D eigenvalue weighted by Crippen LogP contribution is 2.14. The van der Waals surface area contributed by atoms with Gasteiger partial charge in [0.2, 0.25) is 5.91 Å². The average molecular weight is 402 g/mol. The molecule has 2 saturated heterocycles. The van der Waals surface area contributed by atoms with Crippen LogP contribution >= 0.6 is 0 Å². The summed E-state index contributed by atoms with van der Waals surface area (Å²) in [5.74, 6) is 2.16. The molecule has 0 saturated carbocycles. The van der Waals surface area contributed by atoms with Crippen molar-refractivity contribution in [1.29, 1.82) is 0 Å². The van der Waals surface area contributed by atoms with Gasteiger partial charge in [0.05, 0.1) is 18.8 Å². The van der Waals surface area contributed by atoms with Crippen LogP contribution in [-0.2, 0) is 11.2 Å². The first-order valence-electron chi connectivity index (χ1n) is 10.8. The molecule has 160 valence electrons. The van der Waals surface area contributed by atoms with Gasteiger partial charge in [0, 0.05) is 52.2 Å². The van der Waals surface area contributed by atoms with Gasteiger partial charge in [-0.3, -0.25) is 9.69 Å². The Bertz CT molecular complexity index is 686. The van der Waals surface area contributed by atoms with Gasteiger partial charge < -0.3 is 19.5 Å². The predicted octanol–water partition coefficient (Wildman–Crippen LogP) is 1.97. The van der Waals surface area contributed by atoms with Crippen molar-refractivity contribution in [2.75, 3.05) is 52.4 Å². The molecule has 1 unspecified atom stereocenters. The van der Waals surface area contributed by atoms with E-state index in [2.05, 4.69) is 21.7 Å². The first-order valence-corrected chi connectivity index (χ1v) is 10.8. The molecule has 2 aliphatic heterocycles. The minimum atomic E-state index is -0.0435. The Morgan fingerprint density at radius 3 is 2.55 bits per heavy atom. The van der Waals surface area contributed by atoms with Crippen molar-refractivity contribution in [2.45, 2.75) is 39.2 Å². The van der Waals surface area contributed by atoms with E-state index in [1.54, 1.807) is 6.26 Å². The zero-order valence-corrected chi connectivity index (χ0v) is 17.9. The molecule has 3 heterocycles. The predicted molar refractivity (Wildman–Crippen MR) is 116 cm³/mol. The van der Waals surface area contributed by atoms with E-state index in [-0.39, 0.29) is 11.9 Å². The summed E-state index contributed by atoms with van der Waals surface area (Å²) in [5.41, 5.74) is 1.04. The van der Waals surface area contributed by atoms with Gasteiger partial charge in [0.15, 0.2) is 5.96 Å². The van der Waals surface area contributed by atoms with Crippen LogP contribution in [0.4, 0.5) is 0 Å². The number of aliphatic imine (C=N–C) groups is 1. The highest BCUT2D eigenvalue weighted by molar-refractivity contribution is 5.82. The number of nitrogens with zero attached hydrogens (tertiary/aromatic N) is 4. The molecule has 1 N–H and O–H groups in total. The topological polar surface area (TPSA) is 64.3 Å². The molecule has 0 aromatic carbocycles. The molecule has 0 radical (unpaired) electrons. The Hall–Kier alpha value is -2.28. The zero-order valence-electron chi connectivity index (χ0n) is 17.9. The third-order valence-corrected chi connectivity index (χ3v) is 5.67. The van der Waals surface area contributed by atoms with Gasteiger partial charge in [-0.05, 0) is 38.8 Å². The zero-order chi connectivity index (χ0) is 20.6. The minimum Gasteiger partial charge on any atom is -0.469 e. The minimum absolute atomic E-state index is 0.0435. The Balaban J connectivity index is 1.52. The van der Waals surface area contributed by atoms with Crippen molar-refractivity contribution in [3.63, 3.8) is 0 Å². The van der Waals surface area contributed by atoms with Gasteiger partial charge in [-0.2, -0.15) is 0 Å². The maximum atomic E-state index is 12.7. The fourth-order valence-corrected chi connectivity index (χ4v) is 3.91. The van der Waals surface area contributed by atoms with Gasteiger partial charge in [-0.25, -0.2) is 4.99 Å². The lowest BCUT2D eigenvalue weighted by molar-refractivity contribution is -0.135. The number of rotatable bonds is 7. The smallest absolute Gasteiger partial charge is 0.239 e. The molecule has 3 rings (SSSR count). The molecule has 1 aromatic heterocycles. The maximum Gasteiger partial charge on any atom is 0.239 e. The molecule has 2 fully saturated rings. The molecule has 0 aliphatic carbocycles. The lowest BCUT2D eigenvalue weighted by Crippen LogP contribution is -2.57. The highest BCUT2D eigenvalue weighted by Gasteiger charge is 2.30. The van der Waals surface area contributed by atoms with Crippen molar-refractivity contribution >= 4 is 11.9 Å². The third kappa shape index (κ3) is 6.10. The van der Waals surface area contributed by atoms with Gasteiger partial charge in [0.25, 0.3) is 0 Å². The van der Waals surface area contributed by atoms with Crippen LogP contribution in [0.5, 0.6) is 0 Å². The molecule has 7 nitrogen and oxygen atoms in total. The molecule has 0 bridgehead atoms. The van der Waals surface area contributed by atoms with Gasteiger partial charge in [-0.1, -0.05) is 12.2 Å². The molecule has 29 heavy (non-hydrogen) atoms. The quantitative estimate of drug-likeness (QED) is 0.430. The highest BCUT2D eigenvalue weighted by atomic mass is 16.3. The van der Waals surface area contributed by atoms with Crippen molar-refractivity contribution in [3.05, 3.63) is 36.3 Å². The van der Waals surface area contributed by atoms with Crippen molar-refractivity contribution in [2.24, 2.45) is 4.99 Å². The first kappa shape index (κ1) is 21.4. The summed E-state index contributed by atoms with van der Waals surface area (Å²) in [4.78, 5) is 24.1. The van der Waals surface area contributed by atoms with Crippen molar-refractivity contribution in [3.8, 4) is 0 Å². The van der Waals surface area contributed by atoms with Crippen LogP contribution in [0.2, 0.25) is 0 Å². The van der Waals surface area contributed by atoms with Crippen LogP contribution in [0.15, 0.2) is 40.0 Å². The van der Waals surface area contributed by atoms with Crippen LogP contribution in [-0.4, -0.2) is 85.0 Å². The molecule has 1 amide bonds. The molecular weight excluding hydrogens is 366 g/mol. The number of likely N-dealkylation sites (tertiary alicyclic amines) is 1. The summed E-state index contributed by atoms with van der Waals surface area (Å²) in [6, 6.07) is 3.86. The van der Waals surface area contributed by atoms with E-state index in [0.717, 1.165) is 82.4 Å². The lowest BCUT2D eigenvalue weighted by Gasteiger charge is -2.39. The number of hydrogen-bond acceptors (Lipinski definition) is 4. The number of guanidine groups is 1. The number of carbonyl (C=O) groups is 1. The van der Waals surface area contributed by atoms with Crippen molar-refractivity contribution in [1.82, 2.24) is 20.0 Å². The number of amides is 1. The summed E-state index contributed by atoms with van der Waals surface area (Å²) < 4.78 is 5.41. The van der Waals surface area contributed by atoms with E-state index in [1.807, 2.05) is 30.9 Å². The SMILES string of the molecule is C=C(C)CN=C(NCCc1ccco1)N1CCN(C(C)C(=O)N2CCCC2)CC1. The normalized spacial score (nSPS) is 19.4. The Labute approximate surface area is 174 Å². The number of carbonyl (C=O) groups excluding carboxylic acids is 1. The first-order chi connectivity index (χ1) is 14.0. The summed E-state index contributed by atoms with van der Waals surface area (Å²) >= 11 is 0. The second-order valence-electron chi connectivity index (χ2n) is 8.08. The van der Waals surface area contributed by atoms with Crippen LogP contribution in [0.25, 0.3) is 0 Å². The van der Waals surface area contributed by atoms with Crippen LogP contribution in [0, 0.1) is 0 Å². The maximum absolute atomic E-state index is 12.7.